The summed E-state index contributed by atoms with van der Waals surface area (Å²) in [6, 6.07) is 13.2. The monoisotopic (exact) mass is 583 g/mol. The minimum atomic E-state index is -0.685. The van der Waals surface area contributed by atoms with Crippen LogP contribution >= 0.6 is 22.6 Å². The Balaban J connectivity index is 1.42. The highest BCUT2D eigenvalue weighted by atomic mass is 127. The number of nitrogens with two attached hydrogens (primary N) is 1. The van der Waals surface area contributed by atoms with Crippen molar-refractivity contribution < 1.29 is 18.3 Å². The van der Waals surface area contributed by atoms with Gasteiger partial charge in [-0.25, -0.2) is 18.7 Å². The lowest BCUT2D eigenvalue weighted by Crippen LogP contribution is -2.19. The van der Waals surface area contributed by atoms with E-state index in [0.717, 1.165) is 0 Å². The maximum atomic E-state index is 14.8. The molecule has 1 atom stereocenters. The summed E-state index contributed by atoms with van der Waals surface area (Å²) in [5, 5.41) is 3.00. The van der Waals surface area contributed by atoms with Crippen molar-refractivity contribution in [1.82, 2.24) is 9.97 Å². The van der Waals surface area contributed by atoms with Gasteiger partial charge in [0.25, 0.3) is 0 Å². The van der Waals surface area contributed by atoms with Gasteiger partial charge in [0.2, 0.25) is 0 Å². The molecular weight excluding hydrogens is 567 g/mol. The number of fused-ring (bicyclic) bond motifs is 1. The second-order valence-electron chi connectivity index (χ2n) is 7.61. The number of Topliss-reactive ketones (excluding diaryl/α,β-unsaturated/α-hetero) is 1. The van der Waals surface area contributed by atoms with Crippen molar-refractivity contribution in [2.45, 2.75) is 5.92 Å². The largest absolute Gasteiger partial charge is 0.453 e. The zero-order valence-electron chi connectivity index (χ0n) is 17.9. The third kappa shape index (κ3) is 4.56. The smallest absolute Gasteiger partial charge is 0.181 e. The van der Waals surface area contributed by atoms with Crippen molar-refractivity contribution in [2.24, 2.45) is 4.99 Å². The zero-order chi connectivity index (χ0) is 24.5. The van der Waals surface area contributed by atoms with Gasteiger partial charge in [-0.15, -0.1) is 0 Å². The summed E-state index contributed by atoms with van der Waals surface area (Å²) in [4.78, 5) is 26.0. The number of ether oxygens (including phenoxy) is 1. The molecule has 1 aliphatic rings. The highest BCUT2D eigenvalue weighted by molar-refractivity contribution is 14.1. The Kier molecular flexibility index (Phi) is 6.12. The number of nitrogens with zero attached hydrogens (tertiary/aromatic N) is 3. The summed E-state index contributed by atoms with van der Waals surface area (Å²) in [7, 11) is 0. The summed E-state index contributed by atoms with van der Waals surface area (Å²) in [6.45, 7) is 0. The van der Waals surface area contributed by atoms with Gasteiger partial charge < -0.3 is 15.8 Å². The molecule has 0 saturated carbocycles. The fraction of sp³-hybridized carbons (Fsp3) is 0.0400. The first-order valence-corrected chi connectivity index (χ1v) is 11.5. The average molecular weight is 583 g/mol. The molecule has 10 heteroatoms. The molecule has 0 aliphatic carbocycles. The molecule has 3 N–H and O–H groups in total. The van der Waals surface area contributed by atoms with Gasteiger partial charge in [-0.2, -0.15) is 0 Å². The summed E-state index contributed by atoms with van der Waals surface area (Å²) in [6.07, 6.45) is 4.51. The van der Waals surface area contributed by atoms with E-state index in [2.05, 4.69) is 20.3 Å². The normalized spacial score (nSPS) is 14.5. The second-order valence-corrected chi connectivity index (χ2v) is 8.68. The molecule has 2 aromatic carbocycles. The number of anilines is 3. The number of ketones is 1. The Morgan fingerprint density at radius 3 is 2.51 bits per heavy atom. The zero-order valence-corrected chi connectivity index (χ0v) is 20.0. The first-order chi connectivity index (χ1) is 16.9. The molecule has 0 bridgehead atoms. The van der Waals surface area contributed by atoms with E-state index in [4.69, 9.17) is 10.5 Å². The topological polar surface area (TPSA) is 102 Å². The number of aromatic nitrogens is 2. The van der Waals surface area contributed by atoms with E-state index in [9.17, 15) is 13.6 Å². The Morgan fingerprint density at radius 2 is 1.74 bits per heavy atom. The second kappa shape index (κ2) is 9.37. The molecule has 0 fully saturated rings. The van der Waals surface area contributed by atoms with Gasteiger partial charge in [0, 0.05) is 36.4 Å². The predicted molar refractivity (Wildman–Crippen MR) is 137 cm³/mol. The van der Waals surface area contributed by atoms with Crippen LogP contribution < -0.4 is 15.8 Å². The fourth-order valence-corrected chi connectivity index (χ4v) is 4.05. The van der Waals surface area contributed by atoms with Crippen LogP contribution in [0.5, 0.6) is 11.5 Å². The van der Waals surface area contributed by atoms with Crippen molar-refractivity contribution >= 4 is 57.6 Å². The van der Waals surface area contributed by atoms with Gasteiger partial charge in [-0.3, -0.25) is 9.79 Å². The lowest BCUT2D eigenvalue weighted by Gasteiger charge is -2.20. The summed E-state index contributed by atoms with van der Waals surface area (Å²) in [5.41, 5.74) is 7.46. The van der Waals surface area contributed by atoms with Crippen LogP contribution in [0.15, 0.2) is 72.0 Å². The van der Waals surface area contributed by atoms with Crippen molar-refractivity contribution in [3.05, 3.63) is 93.3 Å². The lowest BCUT2D eigenvalue weighted by atomic mass is 9.89. The Bertz CT molecular complexity index is 1480. The summed E-state index contributed by atoms with van der Waals surface area (Å²) < 4.78 is 34.4. The maximum Gasteiger partial charge on any atom is 0.181 e. The summed E-state index contributed by atoms with van der Waals surface area (Å²) >= 11 is 1.98. The van der Waals surface area contributed by atoms with E-state index in [1.165, 1.54) is 42.9 Å². The molecule has 1 unspecified atom stereocenters. The highest BCUT2D eigenvalue weighted by Crippen LogP contribution is 2.37. The molecule has 0 radical (unpaired) electrons. The van der Waals surface area contributed by atoms with Crippen LogP contribution in [-0.2, 0) is 0 Å². The molecular formula is C25H16F2IN5O2. The lowest BCUT2D eigenvalue weighted by molar-refractivity contribution is 0.0983. The number of hydrogen-bond acceptors (Lipinski definition) is 7. The van der Waals surface area contributed by atoms with Crippen LogP contribution in [0.25, 0.3) is 0 Å². The molecule has 2 aromatic heterocycles. The molecule has 5 rings (SSSR count). The van der Waals surface area contributed by atoms with Crippen molar-refractivity contribution in [1.29, 1.82) is 0 Å². The van der Waals surface area contributed by atoms with Gasteiger partial charge in [0.15, 0.2) is 17.3 Å². The molecule has 0 amide bonds. The minimum absolute atomic E-state index is 0.000772. The molecule has 0 saturated heterocycles. The van der Waals surface area contributed by atoms with Gasteiger partial charge in [-0.05, 0) is 58.5 Å². The predicted octanol–water partition coefficient (Wildman–Crippen LogP) is 6.16. The molecule has 1 aliphatic heterocycles. The Labute approximate surface area is 212 Å². The number of carbonyl (C=O) groups excluding carboxylic acids is 1. The van der Waals surface area contributed by atoms with E-state index < -0.39 is 17.6 Å². The van der Waals surface area contributed by atoms with Crippen molar-refractivity contribution in [3.8, 4) is 11.5 Å². The molecule has 7 nitrogen and oxygen atoms in total. The van der Waals surface area contributed by atoms with Crippen molar-refractivity contribution in [3.63, 3.8) is 0 Å². The summed E-state index contributed by atoms with van der Waals surface area (Å²) in [5.74, 6) is -1.05. The third-order valence-corrected chi connectivity index (χ3v) is 6.43. The van der Waals surface area contributed by atoms with E-state index in [1.807, 2.05) is 22.6 Å². The average Bonchev–Trinajstić information content (AvgIpc) is 2.84. The Morgan fingerprint density at radius 1 is 0.971 bits per heavy atom. The minimum Gasteiger partial charge on any atom is -0.453 e. The van der Waals surface area contributed by atoms with Crippen LogP contribution in [0.4, 0.5) is 31.8 Å². The van der Waals surface area contributed by atoms with Gasteiger partial charge >= 0.3 is 0 Å². The first-order valence-electron chi connectivity index (χ1n) is 10.4. The highest BCUT2D eigenvalue weighted by Gasteiger charge is 2.29. The number of nitrogen functional groups attached to an aromatic ring is 1. The van der Waals surface area contributed by atoms with E-state index in [0.29, 0.717) is 26.3 Å². The standard InChI is InChI=1S/C25H16F2IN5O2/c26-14-3-1-13(2-4-14)16-12-32-18-7-9-31-25(21(18)23(16)34)33-15-5-6-19(17(27)11-15)35-20-8-10-30-24(29)22(20)28/h1-12,16H,(H2,29,30)(H,31,33). The molecule has 3 heterocycles. The van der Waals surface area contributed by atoms with Crippen molar-refractivity contribution in [2.75, 3.05) is 11.1 Å². The van der Waals surface area contributed by atoms with E-state index >= 15 is 0 Å². The van der Waals surface area contributed by atoms with Gasteiger partial charge in [-0.1, -0.05) is 12.1 Å². The van der Waals surface area contributed by atoms with Gasteiger partial charge in [0.1, 0.15) is 23.2 Å². The Hall–Kier alpha value is -3.93. The number of rotatable bonds is 5. The van der Waals surface area contributed by atoms with E-state index in [1.54, 1.807) is 30.3 Å². The number of hydrogen-bond donors (Lipinski definition) is 2. The third-order valence-electron chi connectivity index (χ3n) is 5.34. The molecule has 0 spiro atoms. The molecule has 35 heavy (non-hydrogen) atoms. The molecule has 4 aromatic rings. The number of nitrogens with one attached hydrogen (secondary N) is 1. The number of aliphatic imine (C=N–C) groups is 1. The number of benzene rings is 2. The fourth-order valence-electron chi connectivity index (χ4n) is 3.62. The van der Waals surface area contributed by atoms with Crippen LogP contribution in [-0.4, -0.2) is 22.0 Å². The quantitative estimate of drug-likeness (QED) is 0.273. The maximum absolute atomic E-state index is 14.8. The number of halogens is 3. The SMILES string of the molecule is Nc1nccc(Oc2ccc(Nc3nccc4c3C(=O)C(c3ccc(F)cc3)C=N4)cc2F)c1I. The number of pyridine rings is 2. The van der Waals surface area contributed by atoms with Gasteiger partial charge in [0.05, 0.1) is 20.7 Å². The van der Waals surface area contributed by atoms with Crippen LogP contribution in [0.3, 0.4) is 0 Å². The van der Waals surface area contributed by atoms with Crippen LogP contribution in [0, 0.1) is 15.2 Å². The van der Waals surface area contributed by atoms with E-state index in [-0.39, 0.29) is 28.7 Å². The molecule has 174 valence electrons. The number of carbonyl (C=O) groups is 1. The van der Waals surface area contributed by atoms with Crippen LogP contribution in [0.2, 0.25) is 0 Å². The van der Waals surface area contributed by atoms with Crippen LogP contribution in [0.1, 0.15) is 21.8 Å². The first kappa shape index (κ1) is 22.8.